The van der Waals surface area contributed by atoms with Gasteiger partial charge in [0.1, 0.15) is 0 Å². The van der Waals surface area contributed by atoms with Crippen LogP contribution in [-0.2, 0) is 9.78 Å². The summed E-state index contributed by atoms with van der Waals surface area (Å²) < 4.78 is 0. The third-order valence-electron chi connectivity index (χ3n) is 0.893. The van der Waals surface area contributed by atoms with Gasteiger partial charge in [-0.3, -0.25) is 4.79 Å². The second-order valence-corrected chi connectivity index (χ2v) is 2.01. The number of carbonyl (C=O) groups is 1. The molecule has 0 saturated carbocycles. The standard InChI is InChI=1S/C4H7NO2.C2H5NO/c6-7-5-3-1-2-4-5;1-2(3)4/h1,3,6H,2,4H2;1H3,(H2,3,4). The number of hydrogen-bond acceptors (Lipinski definition) is 4. The van der Waals surface area contributed by atoms with Gasteiger partial charge in [0, 0.05) is 13.1 Å². The number of nitrogens with zero attached hydrogens (tertiary/aromatic N) is 1. The fraction of sp³-hybridized carbons (Fsp3) is 0.500. The smallest absolute Gasteiger partial charge is 0.214 e. The van der Waals surface area contributed by atoms with Crippen LogP contribution < -0.4 is 5.73 Å². The molecule has 0 unspecified atom stereocenters. The number of primary amides is 1. The molecule has 0 fully saturated rings. The average Bonchev–Trinajstić information content (AvgIpc) is 2.36. The summed E-state index contributed by atoms with van der Waals surface area (Å²) in [4.78, 5) is 13.1. The fourth-order valence-corrected chi connectivity index (χ4v) is 0.536. The molecular weight excluding hydrogens is 148 g/mol. The lowest BCUT2D eigenvalue weighted by Crippen LogP contribution is -2.11. The largest absolute Gasteiger partial charge is 0.370 e. The minimum Gasteiger partial charge on any atom is -0.370 e. The van der Waals surface area contributed by atoms with Crippen LogP contribution in [0.25, 0.3) is 0 Å². The fourth-order valence-electron chi connectivity index (χ4n) is 0.536. The van der Waals surface area contributed by atoms with Crippen LogP contribution in [0.2, 0.25) is 0 Å². The third kappa shape index (κ3) is 6.82. The Balaban J connectivity index is 0.000000218. The van der Waals surface area contributed by atoms with Crippen molar-refractivity contribution in [3.63, 3.8) is 0 Å². The van der Waals surface area contributed by atoms with E-state index in [1.54, 1.807) is 6.20 Å². The third-order valence-corrected chi connectivity index (χ3v) is 0.893. The molecule has 0 aromatic rings. The first-order valence-electron chi connectivity index (χ1n) is 3.17. The molecule has 64 valence electrons. The van der Waals surface area contributed by atoms with Gasteiger partial charge in [-0.15, -0.1) is 4.99 Å². The molecule has 1 aliphatic rings. The molecule has 1 aliphatic heterocycles. The minimum atomic E-state index is -0.333. The van der Waals surface area contributed by atoms with Crippen LogP contribution in [0.4, 0.5) is 0 Å². The van der Waals surface area contributed by atoms with Crippen molar-refractivity contribution < 1.29 is 15.0 Å². The molecule has 5 heteroatoms. The molecule has 1 amide bonds. The first-order chi connectivity index (χ1) is 5.16. The van der Waals surface area contributed by atoms with E-state index in [1.165, 1.54) is 12.0 Å². The van der Waals surface area contributed by atoms with Crippen molar-refractivity contribution in [3.8, 4) is 0 Å². The lowest BCUT2D eigenvalue weighted by Gasteiger charge is -2.05. The highest BCUT2D eigenvalue weighted by molar-refractivity contribution is 5.70. The zero-order valence-electron chi connectivity index (χ0n) is 6.36. The molecule has 0 atom stereocenters. The molecule has 0 aromatic heterocycles. The Morgan fingerprint density at radius 3 is 2.55 bits per heavy atom. The van der Waals surface area contributed by atoms with Crippen molar-refractivity contribution in [3.05, 3.63) is 12.3 Å². The van der Waals surface area contributed by atoms with Crippen molar-refractivity contribution in [2.24, 2.45) is 5.73 Å². The zero-order chi connectivity index (χ0) is 8.69. The summed E-state index contributed by atoms with van der Waals surface area (Å²) >= 11 is 0. The molecule has 5 nitrogen and oxygen atoms in total. The Kier molecular flexibility index (Phi) is 5.14. The minimum absolute atomic E-state index is 0.333. The SMILES string of the molecule is CC(N)=O.OON1C=CCC1. The molecule has 0 bridgehead atoms. The molecule has 0 radical (unpaired) electrons. The van der Waals surface area contributed by atoms with Crippen LogP contribution >= 0.6 is 0 Å². The maximum Gasteiger partial charge on any atom is 0.214 e. The summed E-state index contributed by atoms with van der Waals surface area (Å²) in [6.07, 6.45) is 4.58. The van der Waals surface area contributed by atoms with E-state index in [2.05, 4.69) is 10.7 Å². The van der Waals surface area contributed by atoms with Crippen LogP contribution in [0, 0.1) is 0 Å². The predicted molar refractivity (Wildman–Crippen MR) is 39.0 cm³/mol. The number of nitrogens with two attached hydrogens (primary N) is 1. The zero-order valence-corrected chi connectivity index (χ0v) is 6.36. The summed E-state index contributed by atoms with van der Waals surface area (Å²) in [6, 6.07) is 0. The van der Waals surface area contributed by atoms with Gasteiger partial charge in [-0.1, -0.05) is 6.08 Å². The van der Waals surface area contributed by atoms with Crippen LogP contribution in [0.1, 0.15) is 13.3 Å². The van der Waals surface area contributed by atoms with Gasteiger partial charge in [-0.25, -0.2) is 10.3 Å². The topological polar surface area (TPSA) is 75.8 Å². The highest BCUT2D eigenvalue weighted by Gasteiger charge is 2.00. The maximum absolute atomic E-state index is 9.22. The van der Waals surface area contributed by atoms with Crippen molar-refractivity contribution in [2.45, 2.75) is 13.3 Å². The van der Waals surface area contributed by atoms with Crippen molar-refractivity contribution in [2.75, 3.05) is 6.54 Å². The normalized spacial score (nSPS) is 14.2. The second-order valence-electron chi connectivity index (χ2n) is 2.01. The molecule has 1 heterocycles. The molecule has 0 saturated heterocycles. The Morgan fingerprint density at radius 2 is 2.36 bits per heavy atom. The molecular formula is C6H12N2O3. The summed E-state index contributed by atoms with van der Waals surface area (Å²) in [6.45, 7) is 2.07. The van der Waals surface area contributed by atoms with Gasteiger partial charge in [0.2, 0.25) is 5.91 Å². The van der Waals surface area contributed by atoms with Gasteiger partial charge in [-0.2, -0.15) is 0 Å². The van der Waals surface area contributed by atoms with Gasteiger partial charge < -0.3 is 5.73 Å². The van der Waals surface area contributed by atoms with Crippen molar-refractivity contribution >= 4 is 5.91 Å². The van der Waals surface area contributed by atoms with Crippen molar-refractivity contribution in [1.29, 1.82) is 0 Å². The summed E-state index contributed by atoms with van der Waals surface area (Å²) in [7, 11) is 0. The van der Waals surface area contributed by atoms with Gasteiger partial charge in [0.25, 0.3) is 0 Å². The lowest BCUT2D eigenvalue weighted by atomic mass is 10.5. The number of hydroxylamine groups is 2. The van der Waals surface area contributed by atoms with E-state index in [9.17, 15) is 4.79 Å². The first kappa shape index (κ1) is 9.93. The number of rotatable bonds is 1. The summed E-state index contributed by atoms with van der Waals surface area (Å²) in [5, 5.41) is 9.30. The summed E-state index contributed by atoms with van der Waals surface area (Å²) in [5.41, 5.74) is 4.47. The van der Waals surface area contributed by atoms with E-state index >= 15 is 0 Å². The van der Waals surface area contributed by atoms with Gasteiger partial charge in [0.15, 0.2) is 0 Å². The van der Waals surface area contributed by atoms with Crippen molar-refractivity contribution in [1.82, 2.24) is 5.06 Å². The molecule has 0 aromatic carbocycles. The Bertz CT molecular complexity index is 143. The Morgan fingerprint density at radius 1 is 1.82 bits per heavy atom. The quantitative estimate of drug-likeness (QED) is 0.421. The van der Waals surface area contributed by atoms with Gasteiger partial charge in [-0.05, 0) is 6.42 Å². The average molecular weight is 160 g/mol. The van der Waals surface area contributed by atoms with Crippen LogP contribution in [-0.4, -0.2) is 22.8 Å². The van der Waals surface area contributed by atoms with E-state index in [0.29, 0.717) is 0 Å². The Labute approximate surface area is 64.9 Å². The lowest BCUT2D eigenvalue weighted by molar-refractivity contribution is -0.375. The van der Waals surface area contributed by atoms with E-state index in [0.717, 1.165) is 13.0 Å². The molecule has 11 heavy (non-hydrogen) atoms. The molecule has 3 N–H and O–H groups in total. The van der Waals surface area contributed by atoms with Crippen LogP contribution in [0.15, 0.2) is 12.3 Å². The number of hydrogen-bond donors (Lipinski definition) is 2. The molecule has 0 aliphatic carbocycles. The van der Waals surface area contributed by atoms with E-state index in [4.69, 9.17) is 5.26 Å². The first-order valence-corrected chi connectivity index (χ1v) is 3.17. The second kappa shape index (κ2) is 5.70. The molecule has 1 rings (SSSR count). The monoisotopic (exact) mass is 160 g/mol. The van der Waals surface area contributed by atoms with E-state index in [-0.39, 0.29) is 5.91 Å². The van der Waals surface area contributed by atoms with Crippen LogP contribution in [0.3, 0.4) is 0 Å². The molecule has 0 spiro atoms. The van der Waals surface area contributed by atoms with E-state index in [1.807, 2.05) is 6.08 Å². The Hall–Kier alpha value is -1.07. The predicted octanol–water partition coefficient (Wildman–Crippen LogP) is 0.102. The summed E-state index contributed by atoms with van der Waals surface area (Å²) in [5.74, 6) is -0.333. The van der Waals surface area contributed by atoms with E-state index < -0.39 is 0 Å². The van der Waals surface area contributed by atoms with Gasteiger partial charge in [0.05, 0.1) is 6.54 Å². The number of carbonyl (C=O) groups excluding carboxylic acids is 1. The van der Waals surface area contributed by atoms with Crippen LogP contribution in [0.5, 0.6) is 0 Å². The number of amides is 1. The highest BCUT2D eigenvalue weighted by Crippen LogP contribution is 2.01. The van der Waals surface area contributed by atoms with Gasteiger partial charge >= 0.3 is 0 Å². The highest BCUT2D eigenvalue weighted by atomic mass is 17.2. The maximum atomic E-state index is 9.22.